The Morgan fingerprint density at radius 2 is 2.05 bits per heavy atom. The molecule has 1 aliphatic carbocycles. The Kier molecular flexibility index (Phi) is 3.49. The average molecular weight is 272 g/mol. The van der Waals surface area contributed by atoms with E-state index in [9.17, 15) is 5.11 Å². The van der Waals surface area contributed by atoms with Crippen molar-refractivity contribution in [2.45, 2.75) is 44.9 Å². The smallest absolute Gasteiger partial charge is 0.125 e. The van der Waals surface area contributed by atoms with E-state index in [1.165, 1.54) is 12.8 Å². The van der Waals surface area contributed by atoms with Gasteiger partial charge in [0.2, 0.25) is 0 Å². The lowest BCUT2D eigenvalue weighted by Gasteiger charge is -2.19. The molecule has 106 valence electrons. The first-order valence-electron chi connectivity index (χ1n) is 7.12. The highest BCUT2D eigenvalue weighted by molar-refractivity contribution is 5.38. The molecule has 1 saturated carbocycles. The van der Waals surface area contributed by atoms with Gasteiger partial charge in [0.15, 0.2) is 0 Å². The molecule has 0 saturated heterocycles. The third-order valence-electron chi connectivity index (χ3n) is 3.49. The molecule has 4 nitrogen and oxygen atoms in total. The van der Waals surface area contributed by atoms with Gasteiger partial charge in [-0.2, -0.15) is 0 Å². The molecule has 0 aliphatic heterocycles. The number of hydrogen-bond acceptors (Lipinski definition) is 3. The van der Waals surface area contributed by atoms with Crippen LogP contribution >= 0.6 is 0 Å². The Balaban J connectivity index is 1.93. The quantitative estimate of drug-likeness (QED) is 0.910. The SMILES string of the molecule is CC(C)Oc1ccccc1C(O)c1cncn1C1CC1. The lowest BCUT2D eigenvalue weighted by atomic mass is 10.1. The lowest BCUT2D eigenvalue weighted by molar-refractivity contribution is 0.191. The van der Waals surface area contributed by atoms with Gasteiger partial charge in [-0.15, -0.1) is 0 Å². The maximum atomic E-state index is 10.7. The monoisotopic (exact) mass is 272 g/mol. The Morgan fingerprint density at radius 3 is 2.75 bits per heavy atom. The van der Waals surface area contributed by atoms with Gasteiger partial charge in [0.05, 0.1) is 24.3 Å². The number of hydrogen-bond donors (Lipinski definition) is 1. The first-order chi connectivity index (χ1) is 9.66. The van der Waals surface area contributed by atoms with Gasteiger partial charge in [-0.3, -0.25) is 0 Å². The van der Waals surface area contributed by atoms with Crippen molar-refractivity contribution in [2.75, 3.05) is 0 Å². The van der Waals surface area contributed by atoms with Crippen molar-refractivity contribution in [3.05, 3.63) is 48.0 Å². The molecule has 0 bridgehead atoms. The van der Waals surface area contributed by atoms with Crippen molar-refractivity contribution in [3.8, 4) is 5.75 Å². The summed E-state index contributed by atoms with van der Waals surface area (Å²) in [6.45, 7) is 3.97. The van der Waals surface area contributed by atoms with Gasteiger partial charge in [0.1, 0.15) is 11.9 Å². The molecule has 1 fully saturated rings. The molecular weight excluding hydrogens is 252 g/mol. The molecule has 1 unspecified atom stereocenters. The second-order valence-corrected chi connectivity index (χ2v) is 5.56. The maximum absolute atomic E-state index is 10.7. The van der Waals surface area contributed by atoms with E-state index < -0.39 is 6.10 Å². The number of imidazole rings is 1. The van der Waals surface area contributed by atoms with Crippen LogP contribution in [-0.2, 0) is 0 Å². The standard InChI is InChI=1S/C16H20N2O2/c1-11(2)20-15-6-4-3-5-13(15)16(19)14-9-17-10-18(14)12-7-8-12/h3-6,9-12,16,19H,7-8H2,1-2H3. The fourth-order valence-electron chi connectivity index (χ4n) is 2.41. The number of para-hydroxylation sites is 1. The van der Waals surface area contributed by atoms with Gasteiger partial charge < -0.3 is 14.4 Å². The Hall–Kier alpha value is -1.81. The van der Waals surface area contributed by atoms with Crippen molar-refractivity contribution in [2.24, 2.45) is 0 Å². The summed E-state index contributed by atoms with van der Waals surface area (Å²) in [6.07, 6.45) is 5.27. The molecule has 3 rings (SSSR count). The molecule has 1 atom stereocenters. The number of benzene rings is 1. The number of aliphatic hydroxyl groups is 1. The highest BCUT2D eigenvalue weighted by Gasteiger charge is 2.28. The normalized spacial score (nSPS) is 16.4. The van der Waals surface area contributed by atoms with Crippen molar-refractivity contribution >= 4 is 0 Å². The molecule has 4 heteroatoms. The van der Waals surface area contributed by atoms with E-state index in [0.717, 1.165) is 17.0 Å². The van der Waals surface area contributed by atoms with E-state index in [-0.39, 0.29) is 6.10 Å². The van der Waals surface area contributed by atoms with Crippen LogP contribution < -0.4 is 4.74 Å². The summed E-state index contributed by atoms with van der Waals surface area (Å²) in [5, 5.41) is 10.7. The van der Waals surface area contributed by atoms with Gasteiger partial charge in [-0.25, -0.2) is 4.98 Å². The zero-order valence-electron chi connectivity index (χ0n) is 11.9. The van der Waals surface area contributed by atoms with Gasteiger partial charge in [-0.1, -0.05) is 18.2 Å². The van der Waals surface area contributed by atoms with Gasteiger partial charge >= 0.3 is 0 Å². The molecule has 20 heavy (non-hydrogen) atoms. The van der Waals surface area contributed by atoms with Crippen LogP contribution in [0.4, 0.5) is 0 Å². The van der Waals surface area contributed by atoms with Crippen molar-refractivity contribution < 1.29 is 9.84 Å². The van der Waals surface area contributed by atoms with E-state index in [1.807, 2.05) is 44.4 Å². The molecule has 1 heterocycles. The predicted octanol–water partition coefficient (Wildman–Crippen LogP) is 3.09. The fraction of sp³-hybridized carbons (Fsp3) is 0.438. The summed E-state index contributed by atoms with van der Waals surface area (Å²) in [4.78, 5) is 4.18. The third kappa shape index (κ3) is 2.56. The van der Waals surface area contributed by atoms with Crippen LogP contribution in [0.2, 0.25) is 0 Å². The first-order valence-corrected chi connectivity index (χ1v) is 7.12. The highest BCUT2D eigenvalue weighted by Crippen LogP contribution is 2.39. The number of ether oxygens (including phenoxy) is 1. The summed E-state index contributed by atoms with van der Waals surface area (Å²) in [5.41, 5.74) is 1.64. The van der Waals surface area contributed by atoms with Crippen molar-refractivity contribution in [1.29, 1.82) is 0 Å². The largest absolute Gasteiger partial charge is 0.491 e. The van der Waals surface area contributed by atoms with E-state index in [1.54, 1.807) is 6.20 Å². The third-order valence-corrected chi connectivity index (χ3v) is 3.49. The average Bonchev–Trinajstić information content (AvgIpc) is 3.15. The Bertz CT molecular complexity index is 588. The Labute approximate surface area is 119 Å². The Morgan fingerprint density at radius 1 is 1.30 bits per heavy atom. The highest BCUT2D eigenvalue weighted by atomic mass is 16.5. The second-order valence-electron chi connectivity index (χ2n) is 5.56. The molecule has 1 aromatic carbocycles. The number of aromatic nitrogens is 2. The number of rotatable bonds is 5. The van der Waals surface area contributed by atoms with E-state index >= 15 is 0 Å². The summed E-state index contributed by atoms with van der Waals surface area (Å²) in [5.74, 6) is 0.735. The molecule has 0 amide bonds. The molecular formula is C16H20N2O2. The minimum Gasteiger partial charge on any atom is -0.491 e. The van der Waals surface area contributed by atoms with E-state index in [4.69, 9.17) is 4.74 Å². The van der Waals surface area contributed by atoms with Crippen LogP contribution in [0.3, 0.4) is 0 Å². The minimum absolute atomic E-state index is 0.0803. The van der Waals surface area contributed by atoms with Crippen LogP contribution in [0.15, 0.2) is 36.8 Å². The zero-order chi connectivity index (χ0) is 14.1. The molecule has 0 spiro atoms. The summed E-state index contributed by atoms with van der Waals surface area (Å²) >= 11 is 0. The molecule has 1 aromatic heterocycles. The van der Waals surface area contributed by atoms with Crippen LogP contribution in [0.5, 0.6) is 5.75 Å². The first kappa shape index (κ1) is 13.2. The van der Waals surface area contributed by atoms with Gasteiger partial charge in [-0.05, 0) is 32.8 Å². The topological polar surface area (TPSA) is 47.3 Å². The summed E-state index contributed by atoms with van der Waals surface area (Å²) in [6, 6.07) is 8.15. The molecule has 1 aliphatic rings. The minimum atomic E-state index is -0.701. The number of nitrogens with zero attached hydrogens (tertiary/aromatic N) is 2. The zero-order valence-corrected chi connectivity index (χ0v) is 11.9. The second kappa shape index (κ2) is 5.29. The van der Waals surface area contributed by atoms with E-state index in [2.05, 4.69) is 9.55 Å². The van der Waals surface area contributed by atoms with E-state index in [0.29, 0.717) is 6.04 Å². The lowest BCUT2D eigenvalue weighted by Crippen LogP contribution is -2.12. The molecule has 2 aromatic rings. The van der Waals surface area contributed by atoms with Crippen molar-refractivity contribution in [3.63, 3.8) is 0 Å². The van der Waals surface area contributed by atoms with Crippen LogP contribution in [0.1, 0.15) is 50.1 Å². The number of aliphatic hydroxyl groups excluding tert-OH is 1. The van der Waals surface area contributed by atoms with Crippen LogP contribution in [0, 0.1) is 0 Å². The molecule has 0 radical (unpaired) electrons. The predicted molar refractivity (Wildman–Crippen MR) is 76.8 cm³/mol. The van der Waals surface area contributed by atoms with Crippen LogP contribution in [-0.4, -0.2) is 20.8 Å². The van der Waals surface area contributed by atoms with Gasteiger partial charge in [0.25, 0.3) is 0 Å². The maximum Gasteiger partial charge on any atom is 0.125 e. The fourth-order valence-corrected chi connectivity index (χ4v) is 2.41. The van der Waals surface area contributed by atoms with Gasteiger partial charge in [0, 0.05) is 11.6 Å². The van der Waals surface area contributed by atoms with Crippen LogP contribution in [0.25, 0.3) is 0 Å². The summed E-state index contributed by atoms with van der Waals surface area (Å²) < 4.78 is 7.87. The molecule has 1 N–H and O–H groups in total. The summed E-state index contributed by atoms with van der Waals surface area (Å²) in [7, 11) is 0. The van der Waals surface area contributed by atoms with Crippen molar-refractivity contribution in [1.82, 2.24) is 9.55 Å².